The van der Waals surface area contributed by atoms with Crippen LogP contribution in [0, 0.1) is 0 Å². The molecular formula is C7H12O3S. The fourth-order valence-corrected chi connectivity index (χ4v) is 1.86. The van der Waals surface area contributed by atoms with Gasteiger partial charge >= 0.3 is 5.97 Å². The Balaban J connectivity index is 2.09. The van der Waals surface area contributed by atoms with Crippen LogP contribution in [0.3, 0.4) is 0 Å². The maximum atomic E-state index is 10.2. The van der Waals surface area contributed by atoms with Gasteiger partial charge in [0, 0.05) is 6.61 Å². The van der Waals surface area contributed by atoms with E-state index in [-0.39, 0.29) is 11.2 Å². The van der Waals surface area contributed by atoms with Crippen LogP contribution in [0.25, 0.3) is 0 Å². The molecule has 1 aliphatic rings. The normalized spacial score (nSPS) is 24.9. The minimum absolute atomic E-state index is 0.125. The Hall–Kier alpha value is -0.220. The van der Waals surface area contributed by atoms with Crippen LogP contribution in [0.5, 0.6) is 0 Å². The Labute approximate surface area is 70.1 Å². The van der Waals surface area contributed by atoms with E-state index in [4.69, 9.17) is 9.84 Å². The SMILES string of the molecule is O=C(O)CSC1CCCCO1. The average molecular weight is 176 g/mol. The molecule has 0 radical (unpaired) electrons. The minimum atomic E-state index is -0.760. The molecule has 64 valence electrons. The lowest BCUT2D eigenvalue weighted by Gasteiger charge is -2.20. The van der Waals surface area contributed by atoms with Crippen molar-refractivity contribution in [1.29, 1.82) is 0 Å². The zero-order chi connectivity index (χ0) is 8.10. The Bertz CT molecular complexity index is 132. The Morgan fingerprint density at radius 2 is 2.45 bits per heavy atom. The molecule has 1 atom stereocenters. The maximum Gasteiger partial charge on any atom is 0.313 e. The van der Waals surface area contributed by atoms with Crippen LogP contribution in [-0.4, -0.2) is 28.9 Å². The van der Waals surface area contributed by atoms with Crippen molar-refractivity contribution in [3.8, 4) is 0 Å². The predicted octanol–water partition coefficient (Wildman–Crippen LogP) is 1.33. The number of ether oxygens (including phenoxy) is 1. The number of carboxylic acids is 1. The summed E-state index contributed by atoms with van der Waals surface area (Å²) in [5, 5.41) is 8.37. The second kappa shape index (κ2) is 4.62. The van der Waals surface area contributed by atoms with Crippen molar-refractivity contribution in [2.75, 3.05) is 12.4 Å². The third-order valence-electron chi connectivity index (χ3n) is 1.53. The van der Waals surface area contributed by atoms with E-state index >= 15 is 0 Å². The summed E-state index contributed by atoms with van der Waals surface area (Å²) in [4.78, 5) is 10.2. The van der Waals surface area contributed by atoms with E-state index in [1.54, 1.807) is 0 Å². The molecule has 0 saturated carbocycles. The lowest BCUT2D eigenvalue weighted by atomic mass is 10.2. The molecule has 1 fully saturated rings. The summed E-state index contributed by atoms with van der Waals surface area (Å²) in [6.45, 7) is 0.789. The second-order valence-electron chi connectivity index (χ2n) is 2.50. The number of hydrogen-bond donors (Lipinski definition) is 1. The summed E-state index contributed by atoms with van der Waals surface area (Å²) in [6.07, 6.45) is 3.28. The summed E-state index contributed by atoms with van der Waals surface area (Å²) in [5.74, 6) is -0.603. The molecule has 1 aliphatic heterocycles. The smallest absolute Gasteiger partial charge is 0.313 e. The van der Waals surface area contributed by atoms with Gasteiger partial charge in [0.1, 0.15) is 5.44 Å². The van der Waals surface area contributed by atoms with Gasteiger partial charge in [-0.1, -0.05) is 0 Å². The molecule has 1 N–H and O–H groups in total. The van der Waals surface area contributed by atoms with Gasteiger partial charge in [0.05, 0.1) is 5.75 Å². The summed E-state index contributed by atoms with van der Waals surface area (Å²) < 4.78 is 5.33. The van der Waals surface area contributed by atoms with Crippen molar-refractivity contribution < 1.29 is 14.6 Å². The summed E-state index contributed by atoms with van der Waals surface area (Å²) in [6, 6.07) is 0. The van der Waals surface area contributed by atoms with Crippen molar-refractivity contribution in [2.45, 2.75) is 24.7 Å². The van der Waals surface area contributed by atoms with Crippen LogP contribution in [0.2, 0.25) is 0 Å². The third kappa shape index (κ3) is 3.62. The van der Waals surface area contributed by atoms with Crippen LogP contribution >= 0.6 is 11.8 Å². The standard InChI is InChI=1S/C7H12O3S/c8-6(9)5-11-7-3-1-2-4-10-7/h7H,1-5H2,(H,8,9). The Kier molecular flexibility index (Phi) is 3.72. The average Bonchev–Trinajstić information content (AvgIpc) is 2.03. The number of rotatable bonds is 3. The molecule has 0 amide bonds. The van der Waals surface area contributed by atoms with Crippen LogP contribution in [0.15, 0.2) is 0 Å². The van der Waals surface area contributed by atoms with Gasteiger partial charge in [-0.3, -0.25) is 4.79 Å². The number of thioether (sulfide) groups is 1. The maximum absolute atomic E-state index is 10.2. The zero-order valence-electron chi connectivity index (χ0n) is 6.28. The molecule has 1 heterocycles. The molecule has 0 aliphatic carbocycles. The van der Waals surface area contributed by atoms with Gasteiger partial charge in [-0.15, -0.1) is 11.8 Å². The van der Waals surface area contributed by atoms with Gasteiger partial charge < -0.3 is 9.84 Å². The largest absolute Gasteiger partial charge is 0.481 e. The fraction of sp³-hybridized carbons (Fsp3) is 0.857. The van der Waals surface area contributed by atoms with Crippen LogP contribution in [0.4, 0.5) is 0 Å². The number of carbonyl (C=O) groups is 1. The van der Waals surface area contributed by atoms with Crippen molar-refractivity contribution in [3.63, 3.8) is 0 Å². The predicted molar refractivity (Wildman–Crippen MR) is 43.7 cm³/mol. The monoisotopic (exact) mass is 176 g/mol. The molecule has 3 nitrogen and oxygen atoms in total. The molecule has 1 unspecified atom stereocenters. The highest BCUT2D eigenvalue weighted by molar-refractivity contribution is 8.00. The van der Waals surface area contributed by atoms with Crippen molar-refractivity contribution >= 4 is 17.7 Å². The van der Waals surface area contributed by atoms with Crippen molar-refractivity contribution in [2.24, 2.45) is 0 Å². The number of carboxylic acid groups (broad SMARTS) is 1. The van der Waals surface area contributed by atoms with E-state index < -0.39 is 5.97 Å². The van der Waals surface area contributed by atoms with E-state index in [0.717, 1.165) is 25.9 Å². The molecule has 0 bridgehead atoms. The van der Waals surface area contributed by atoms with E-state index in [1.165, 1.54) is 11.8 Å². The summed E-state index contributed by atoms with van der Waals surface area (Å²) in [5.41, 5.74) is 0.125. The molecule has 1 rings (SSSR count). The van der Waals surface area contributed by atoms with E-state index in [9.17, 15) is 4.79 Å². The fourth-order valence-electron chi connectivity index (χ4n) is 1.01. The van der Waals surface area contributed by atoms with Crippen molar-refractivity contribution in [3.05, 3.63) is 0 Å². The zero-order valence-corrected chi connectivity index (χ0v) is 7.10. The molecule has 1 saturated heterocycles. The summed E-state index contributed by atoms with van der Waals surface area (Å²) >= 11 is 1.38. The lowest BCUT2D eigenvalue weighted by molar-refractivity contribution is -0.133. The molecule has 0 aromatic heterocycles. The molecule has 0 aromatic carbocycles. The van der Waals surface area contributed by atoms with Gasteiger partial charge in [-0.25, -0.2) is 0 Å². The number of hydrogen-bond acceptors (Lipinski definition) is 3. The van der Waals surface area contributed by atoms with Gasteiger partial charge in [-0.05, 0) is 19.3 Å². The number of aliphatic carboxylic acids is 1. The Morgan fingerprint density at radius 1 is 1.64 bits per heavy atom. The highest BCUT2D eigenvalue weighted by atomic mass is 32.2. The highest BCUT2D eigenvalue weighted by Gasteiger charge is 2.14. The summed E-state index contributed by atoms with van der Waals surface area (Å²) in [7, 11) is 0. The van der Waals surface area contributed by atoms with Gasteiger partial charge in [-0.2, -0.15) is 0 Å². The molecule has 11 heavy (non-hydrogen) atoms. The first kappa shape index (κ1) is 8.87. The lowest BCUT2D eigenvalue weighted by Crippen LogP contribution is -2.17. The molecule has 0 aromatic rings. The van der Waals surface area contributed by atoms with E-state index in [0.29, 0.717) is 0 Å². The quantitative estimate of drug-likeness (QED) is 0.704. The third-order valence-corrected chi connectivity index (χ3v) is 2.69. The molecule has 4 heteroatoms. The Morgan fingerprint density at radius 3 is 3.00 bits per heavy atom. The first-order valence-electron chi connectivity index (χ1n) is 3.74. The van der Waals surface area contributed by atoms with Crippen LogP contribution in [-0.2, 0) is 9.53 Å². The van der Waals surface area contributed by atoms with Gasteiger partial charge in [0.2, 0.25) is 0 Å². The highest BCUT2D eigenvalue weighted by Crippen LogP contribution is 2.22. The second-order valence-corrected chi connectivity index (χ2v) is 3.65. The minimum Gasteiger partial charge on any atom is -0.481 e. The van der Waals surface area contributed by atoms with Crippen LogP contribution < -0.4 is 0 Å². The van der Waals surface area contributed by atoms with E-state index in [1.807, 2.05) is 0 Å². The van der Waals surface area contributed by atoms with Crippen LogP contribution in [0.1, 0.15) is 19.3 Å². The van der Waals surface area contributed by atoms with Gasteiger partial charge in [0.15, 0.2) is 0 Å². The van der Waals surface area contributed by atoms with Gasteiger partial charge in [0.25, 0.3) is 0 Å². The first-order valence-corrected chi connectivity index (χ1v) is 4.79. The topological polar surface area (TPSA) is 46.5 Å². The van der Waals surface area contributed by atoms with E-state index in [2.05, 4.69) is 0 Å². The first-order chi connectivity index (χ1) is 5.29. The van der Waals surface area contributed by atoms with Crippen molar-refractivity contribution in [1.82, 2.24) is 0 Å². The molecule has 0 spiro atoms. The molecular weight excluding hydrogens is 164 g/mol.